The molecule has 0 N–H and O–H groups in total. The van der Waals surface area contributed by atoms with Crippen LogP contribution in [0.15, 0.2) is 36.5 Å². The van der Waals surface area contributed by atoms with Crippen LogP contribution in [-0.4, -0.2) is 53.1 Å². The molecule has 0 aromatic carbocycles. The van der Waals surface area contributed by atoms with Crippen molar-refractivity contribution in [1.29, 1.82) is 0 Å². The van der Waals surface area contributed by atoms with Crippen LogP contribution in [0.25, 0.3) is 0 Å². The molecule has 2 saturated heterocycles. The molecule has 9 heteroatoms. The van der Waals surface area contributed by atoms with Gasteiger partial charge in [0.2, 0.25) is 0 Å². The summed E-state index contributed by atoms with van der Waals surface area (Å²) in [4.78, 5) is 67.9. The van der Waals surface area contributed by atoms with E-state index in [0.717, 1.165) is 12.0 Å². The molecule has 0 amide bonds. The van der Waals surface area contributed by atoms with Crippen molar-refractivity contribution in [1.82, 2.24) is 0 Å². The highest BCUT2D eigenvalue weighted by Crippen LogP contribution is 2.75. The summed E-state index contributed by atoms with van der Waals surface area (Å²) in [6.45, 7) is 19.6. The molecule has 1 unspecified atom stereocenters. The van der Waals surface area contributed by atoms with E-state index in [1.807, 2.05) is 0 Å². The van der Waals surface area contributed by atoms with Crippen LogP contribution in [0.5, 0.6) is 0 Å². The van der Waals surface area contributed by atoms with E-state index >= 15 is 4.79 Å². The maximum Gasteiger partial charge on any atom is 0.334 e. The van der Waals surface area contributed by atoms with Gasteiger partial charge in [0.05, 0.1) is 5.41 Å². The van der Waals surface area contributed by atoms with Gasteiger partial charge in [-0.15, -0.1) is 0 Å². The van der Waals surface area contributed by atoms with Gasteiger partial charge < -0.3 is 18.9 Å². The topological polar surface area (TPSA) is 122 Å². The molecule has 0 radical (unpaired) electrons. The van der Waals surface area contributed by atoms with E-state index in [0.29, 0.717) is 49.7 Å². The number of fused-ring (bicyclic) bond motifs is 10. The predicted molar refractivity (Wildman–Crippen MR) is 160 cm³/mol. The van der Waals surface area contributed by atoms with Crippen LogP contribution < -0.4 is 0 Å². The number of ether oxygens (including phenoxy) is 4. The van der Waals surface area contributed by atoms with Crippen molar-refractivity contribution < 1.29 is 42.9 Å². The fourth-order valence-electron chi connectivity index (χ4n) is 11.7. The fourth-order valence-corrected chi connectivity index (χ4v) is 11.7. The van der Waals surface area contributed by atoms with Crippen LogP contribution in [0.1, 0.15) is 85.5 Å². The van der Waals surface area contributed by atoms with Gasteiger partial charge in [0, 0.05) is 55.1 Å². The van der Waals surface area contributed by atoms with E-state index in [4.69, 9.17) is 18.9 Å². The van der Waals surface area contributed by atoms with Crippen LogP contribution >= 0.6 is 0 Å². The highest BCUT2D eigenvalue weighted by molar-refractivity contribution is 5.94. The van der Waals surface area contributed by atoms with Crippen molar-refractivity contribution in [3.8, 4) is 0 Å². The van der Waals surface area contributed by atoms with Gasteiger partial charge in [-0.1, -0.05) is 39.2 Å². The highest BCUT2D eigenvalue weighted by Gasteiger charge is 2.85. The molecule has 7 aliphatic rings. The molecule has 5 aliphatic carbocycles. The first-order valence-corrected chi connectivity index (χ1v) is 16.5. The monoisotopic (exact) mass is 620 g/mol. The van der Waals surface area contributed by atoms with Crippen LogP contribution in [0, 0.1) is 46.3 Å². The third-order valence-corrected chi connectivity index (χ3v) is 13.4. The number of ketones is 1. The van der Waals surface area contributed by atoms with E-state index in [1.165, 1.54) is 13.8 Å². The molecule has 7 rings (SSSR count). The van der Waals surface area contributed by atoms with Crippen LogP contribution in [0.4, 0.5) is 0 Å². The molecule has 2 aliphatic heterocycles. The molecular weight excluding hydrogens is 576 g/mol. The third-order valence-electron chi connectivity index (χ3n) is 13.4. The summed E-state index contributed by atoms with van der Waals surface area (Å²) in [6.07, 6.45) is 2.99. The molecule has 0 aromatic rings. The lowest BCUT2D eigenvalue weighted by Crippen LogP contribution is -2.73. The van der Waals surface area contributed by atoms with Gasteiger partial charge in [-0.05, 0) is 68.6 Å². The largest absolute Gasteiger partial charge is 0.458 e. The van der Waals surface area contributed by atoms with Crippen LogP contribution in [0.3, 0.4) is 0 Å². The van der Waals surface area contributed by atoms with Gasteiger partial charge in [0.1, 0.15) is 18.0 Å². The molecule has 2 heterocycles. The van der Waals surface area contributed by atoms with Crippen molar-refractivity contribution in [3.63, 3.8) is 0 Å². The Bertz CT molecular complexity index is 1470. The molecule has 242 valence electrons. The minimum atomic E-state index is -1.61. The Labute approximate surface area is 264 Å². The number of Topliss-reactive ketones (excluding diaryl/α,β-unsaturated/α-hetero) is 1. The van der Waals surface area contributed by atoms with E-state index in [1.54, 1.807) is 0 Å². The summed E-state index contributed by atoms with van der Waals surface area (Å²) in [5.74, 6) is -4.40. The minimum Gasteiger partial charge on any atom is -0.458 e. The summed E-state index contributed by atoms with van der Waals surface area (Å²) >= 11 is 0. The van der Waals surface area contributed by atoms with Crippen molar-refractivity contribution >= 4 is 29.7 Å². The van der Waals surface area contributed by atoms with Gasteiger partial charge in [-0.2, -0.15) is 0 Å². The lowest BCUT2D eigenvalue weighted by molar-refractivity contribution is -0.274. The highest BCUT2D eigenvalue weighted by atomic mass is 16.6. The Hall–Kier alpha value is -3.23. The van der Waals surface area contributed by atoms with E-state index in [9.17, 15) is 19.2 Å². The Balaban J connectivity index is 1.52. The molecule has 1 spiro atoms. The fraction of sp³-hybridized carbons (Fsp3) is 0.694. The summed E-state index contributed by atoms with van der Waals surface area (Å²) in [5, 5.41) is 0. The lowest BCUT2D eigenvalue weighted by atomic mass is 9.49. The maximum absolute atomic E-state index is 15.1. The van der Waals surface area contributed by atoms with Gasteiger partial charge in [-0.25, -0.2) is 9.59 Å². The number of esters is 4. The van der Waals surface area contributed by atoms with Crippen molar-refractivity contribution in [2.75, 3.05) is 0 Å². The minimum absolute atomic E-state index is 0.0521. The quantitative estimate of drug-likeness (QED) is 0.182. The van der Waals surface area contributed by atoms with Gasteiger partial charge in [-0.3, -0.25) is 14.4 Å². The molecule has 5 saturated carbocycles. The number of hydrogen-bond donors (Lipinski definition) is 0. The van der Waals surface area contributed by atoms with Crippen molar-refractivity contribution in [3.05, 3.63) is 36.5 Å². The first kappa shape index (κ1) is 30.4. The van der Waals surface area contributed by atoms with Crippen molar-refractivity contribution in [2.45, 2.75) is 109 Å². The number of carbonyl (C=O) groups excluding carboxylic acids is 5. The Morgan fingerprint density at radius 3 is 2.02 bits per heavy atom. The van der Waals surface area contributed by atoms with Gasteiger partial charge in [0.25, 0.3) is 0 Å². The zero-order valence-electron chi connectivity index (χ0n) is 26.8. The molecule has 0 bridgehead atoms. The van der Waals surface area contributed by atoms with Crippen LogP contribution in [0.2, 0.25) is 0 Å². The molecule has 7 fully saturated rings. The first-order valence-electron chi connectivity index (χ1n) is 16.5. The second kappa shape index (κ2) is 9.64. The zero-order valence-corrected chi connectivity index (χ0v) is 26.8. The summed E-state index contributed by atoms with van der Waals surface area (Å²) in [6, 6.07) is 0. The number of carbonyl (C=O) groups is 5. The molecule has 9 nitrogen and oxygen atoms in total. The molecule has 11 atom stereocenters. The first-order chi connectivity index (χ1) is 21.1. The summed E-state index contributed by atoms with van der Waals surface area (Å²) < 4.78 is 25.5. The third kappa shape index (κ3) is 3.70. The standard InChI is InChI=1S/C36H44O9/c1-17-9-10-22-18(2)31(40)42-29(22)27-24(17)16-36(45-21(5)38)34(12-8-13-35(27,36)44-20(4)37)26(39)15-25-28(34)30-23(11-14-33(25,6)7)19(3)32(41)43-30/h22-25,27-30H,1-3,8-16H2,4-7H3/t22-,23-,24-,25+,27-,28?,29-,30-,34+,35-,36-/m0/s1. The molecule has 0 aromatic heterocycles. The second-order valence-electron chi connectivity index (χ2n) is 15.6. The van der Waals surface area contributed by atoms with Crippen LogP contribution in [-0.2, 0) is 42.9 Å². The summed E-state index contributed by atoms with van der Waals surface area (Å²) in [7, 11) is 0. The van der Waals surface area contributed by atoms with E-state index in [2.05, 4.69) is 33.6 Å². The molecule has 45 heavy (non-hydrogen) atoms. The summed E-state index contributed by atoms with van der Waals surface area (Å²) in [5.41, 5.74) is -3.04. The van der Waals surface area contributed by atoms with Gasteiger partial charge in [0.15, 0.2) is 11.2 Å². The van der Waals surface area contributed by atoms with E-state index < -0.39 is 64.5 Å². The predicted octanol–water partition coefficient (Wildman–Crippen LogP) is 4.97. The Kier molecular flexibility index (Phi) is 6.52. The normalized spacial score (nSPS) is 46.2. The Morgan fingerprint density at radius 2 is 1.40 bits per heavy atom. The SMILES string of the molecule is C=C1C(=O)O[C@@H]2[C@@H]3[C@@H](C[C@@]4(OC(C)=O)[C@]3(OC(C)=O)CCC[C@]43C(=O)C[C@@H]4C3[C@H]3OC(=O)C(=C)[C@@H]3CCC4(C)C)C(=C)CC[C@@H]12. The van der Waals surface area contributed by atoms with Gasteiger partial charge >= 0.3 is 23.9 Å². The second-order valence-corrected chi connectivity index (χ2v) is 15.6. The van der Waals surface area contributed by atoms with Crippen molar-refractivity contribution in [2.24, 2.45) is 46.3 Å². The maximum atomic E-state index is 15.1. The Morgan fingerprint density at radius 1 is 0.800 bits per heavy atom. The smallest absolute Gasteiger partial charge is 0.334 e. The number of hydrogen-bond acceptors (Lipinski definition) is 9. The average molecular weight is 621 g/mol. The number of rotatable bonds is 2. The average Bonchev–Trinajstić information content (AvgIpc) is 3.55. The molecular formula is C36H44O9. The zero-order chi connectivity index (χ0) is 32.4. The lowest BCUT2D eigenvalue weighted by Gasteiger charge is -2.60. The number of allylic oxidation sites excluding steroid dienone is 1. The van der Waals surface area contributed by atoms with E-state index in [-0.39, 0.29) is 47.7 Å².